The molecule has 0 aromatic heterocycles. The molecule has 2 N–H and O–H groups in total. The fraction of sp³-hybridized carbons (Fsp3) is 0.231. The van der Waals surface area contributed by atoms with Crippen molar-refractivity contribution in [2.24, 2.45) is 4.99 Å². The van der Waals surface area contributed by atoms with Gasteiger partial charge in [-0.05, 0) is 23.8 Å². The van der Waals surface area contributed by atoms with Crippen molar-refractivity contribution in [2.45, 2.75) is 6.04 Å². The van der Waals surface area contributed by atoms with Crippen LogP contribution in [0.5, 0.6) is 5.75 Å². The van der Waals surface area contributed by atoms with E-state index in [2.05, 4.69) is 4.99 Å². The average Bonchev–Trinajstić information content (AvgIpc) is 2.93. The van der Waals surface area contributed by atoms with Gasteiger partial charge in [-0.25, -0.2) is 10.5 Å². The number of hydrogen-bond acceptors (Lipinski definition) is 5. The number of nitrogens with one attached hydrogen (secondary N) is 1. The van der Waals surface area contributed by atoms with Gasteiger partial charge in [0.1, 0.15) is 12.4 Å². The van der Waals surface area contributed by atoms with Crippen LogP contribution in [0, 0.1) is 0 Å². The Hall–Kier alpha value is -2.34. The number of ether oxygens (including phenoxy) is 2. The van der Waals surface area contributed by atoms with Crippen molar-refractivity contribution in [3.63, 3.8) is 0 Å². The standard InChI is InChI=1S/C13H14N2O4/c1-18-10-5-2-9(3-6-10)4-7-12-14-11(8-19-12)13(16)15-17/h2-7,11,17H,8H2,1H3,(H,15,16)/b7-4+/t11-/m1/s1. The molecule has 0 saturated carbocycles. The van der Waals surface area contributed by atoms with Gasteiger partial charge >= 0.3 is 0 Å². The van der Waals surface area contributed by atoms with E-state index in [1.165, 1.54) is 0 Å². The Labute approximate surface area is 110 Å². The third kappa shape index (κ3) is 3.32. The molecule has 0 aliphatic carbocycles. The molecule has 1 aliphatic rings. The Morgan fingerprint density at radius 1 is 1.47 bits per heavy atom. The highest BCUT2D eigenvalue weighted by Gasteiger charge is 2.24. The molecule has 2 rings (SSSR count). The van der Waals surface area contributed by atoms with Gasteiger partial charge < -0.3 is 9.47 Å². The molecule has 6 heteroatoms. The highest BCUT2D eigenvalue weighted by atomic mass is 16.5. The van der Waals surface area contributed by atoms with E-state index in [4.69, 9.17) is 14.7 Å². The lowest BCUT2D eigenvalue weighted by Crippen LogP contribution is -2.31. The van der Waals surface area contributed by atoms with Crippen LogP contribution in [-0.4, -0.2) is 36.8 Å². The van der Waals surface area contributed by atoms with E-state index >= 15 is 0 Å². The van der Waals surface area contributed by atoms with Crippen molar-refractivity contribution in [3.05, 3.63) is 35.9 Å². The first-order valence-electron chi connectivity index (χ1n) is 5.69. The van der Waals surface area contributed by atoms with Gasteiger partial charge in [-0.1, -0.05) is 12.1 Å². The fourth-order valence-electron chi connectivity index (χ4n) is 1.57. The van der Waals surface area contributed by atoms with E-state index in [1.807, 2.05) is 30.3 Å². The molecule has 1 aromatic carbocycles. The monoisotopic (exact) mass is 262 g/mol. The van der Waals surface area contributed by atoms with Crippen molar-refractivity contribution >= 4 is 17.9 Å². The number of carbonyl (C=O) groups excluding carboxylic acids is 1. The van der Waals surface area contributed by atoms with Crippen molar-refractivity contribution < 1.29 is 19.5 Å². The quantitative estimate of drug-likeness (QED) is 0.627. The Bertz CT molecular complexity index is 508. The van der Waals surface area contributed by atoms with Crippen molar-refractivity contribution in [1.82, 2.24) is 5.48 Å². The van der Waals surface area contributed by atoms with Crippen LogP contribution in [0.1, 0.15) is 5.56 Å². The number of methoxy groups -OCH3 is 1. The highest BCUT2D eigenvalue weighted by molar-refractivity contribution is 5.96. The predicted octanol–water partition coefficient (Wildman–Crippen LogP) is 1.01. The van der Waals surface area contributed by atoms with Crippen LogP contribution in [0.25, 0.3) is 6.08 Å². The second-order valence-corrected chi connectivity index (χ2v) is 3.88. The molecule has 1 amide bonds. The highest BCUT2D eigenvalue weighted by Crippen LogP contribution is 2.13. The summed E-state index contributed by atoms with van der Waals surface area (Å²) in [7, 11) is 1.61. The van der Waals surface area contributed by atoms with Gasteiger partial charge in [0.15, 0.2) is 6.04 Å². The van der Waals surface area contributed by atoms with E-state index < -0.39 is 11.9 Å². The maximum absolute atomic E-state index is 11.1. The second-order valence-electron chi connectivity index (χ2n) is 3.88. The molecule has 0 saturated heterocycles. The van der Waals surface area contributed by atoms with Crippen molar-refractivity contribution in [2.75, 3.05) is 13.7 Å². The smallest absolute Gasteiger partial charge is 0.271 e. The summed E-state index contributed by atoms with van der Waals surface area (Å²) in [4.78, 5) is 15.1. The van der Waals surface area contributed by atoms with E-state index in [0.29, 0.717) is 5.90 Å². The first kappa shape index (κ1) is 13.1. The van der Waals surface area contributed by atoms with E-state index in [1.54, 1.807) is 18.7 Å². The minimum Gasteiger partial charge on any atom is -0.497 e. The Balaban J connectivity index is 2.00. The molecule has 1 aliphatic heterocycles. The maximum Gasteiger partial charge on any atom is 0.271 e. The molecule has 1 heterocycles. The fourth-order valence-corrected chi connectivity index (χ4v) is 1.57. The minimum atomic E-state index is -0.694. The molecule has 0 radical (unpaired) electrons. The van der Waals surface area contributed by atoms with E-state index in [-0.39, 0.29) is 6.61 Å². The third-order valence-corrected chi connectivity index (χ3v) is 2.62. The van der Waals surface area contributed by atoms with Gasteiger partial charge in [0.25, 0.3) is 5.91 Å². The zero-order valence-electron chi connectivity index (χ0n) is 10.4. The number of hydrogen-bond donors (Lipinski definition) is 2. The molecular formula is C13H14N2O4. The number of aliphatic imine (C=N–C) groups is 1. The second kappa shape index (κ2) is 6.01. The van der Waals surface area contributed by atoms with Gasteiger partial charge in [-0.3, -0.25) is 10.0 Å². The van der Waals surface area contributed by atoms with Gasteiger partial charge in [0.05, 0.1) is 7.11 Å². The molecule has 0 bridgehead atoms. The van der Waals surface area contributed by atoms with Crippen LogP contribution in [-0.2, 0) is 9.53 Å². The molecule has 100 valence electrons. The van der Waals surface area contributed by atoms with Crippen LogP contribution < -0.4 is 10.2 Å². The van der Waals surface area contributed by atoms with E-state index in [0.717, 1.165) is 11.3 Å². The van der Waals surface area contributed by atoms with Gasteiger partial charge in [-0.2, -0.15) is 0 Å². The normalized spacial score (nSPS) is 18.0. The van der Waals surface area contributed by atoms with E-state index in [9.17, 15) is 4.79 Å². The summed E-state index contributed by atoms with van der Waals surface area (Å²) in [5.74, 6) is 0.573. The zero-order valence-corrected chi connectivity index (χ0v) is 10.4. The average molecular weight is 262 g/mol. The zero-order chi connectivity index (χ0) is 13.7. The molecular weight excluding hydrogens is 248 g/mol. The molecule has 0 fully saturated rings. The first-order valence-corrected chi connectivity index (χ1v) is 5.69. The van der Waals surface area contributed by atoms with Crippen LogP contribution in [0.4, 0.5) is 0 Å². The van der Waals surface area contributed by atoms with Crippen LogP contribution in [0.15, 0.2) is 35.3 Å². The summed E-state index contributed by atoms with van der Waals surface area (Å²) >= 11 is 0. The third-order valence-electron chi connectivity index (χ3n) is 2.62. The molecule has 19 heavy (non-hydrogen) atoms. The SMILES string of the molecule is COc1ccc(/C=C/C2=N[C@@H](C(=O)NO)CO2)cc1. The Morgan fingerprint density at radius 3 is 2.84 bits per heavy atom. The maximum atomic E-state index is 11.1. The molecule has 0 spiro atoms. The Kier molecular flexibility index (Phi) is 4.15. The summed E-state index contributed by atoms with van der Waals surface area (Å²) in [5, 5.41) is 8.48. The molecule has 1 aromatic rings. The summed E-state index contributed by atoms with van der Waals surface area (Å²) < 4.78 is 10.3. The van der Waals surface area contributed by atoms with Gasteiger partial charge in [-0.15, -0.1) is 0 Å². The van der Waals surface area contributed by atoms with Crippen molar-refractivity contribution in [3.8, 4) is 5.75 Å². The summed E-state index contributed by atoms with van der Waals surface area (Å²) in [5.41, 5.74) is 2.51. The predicted molar refractivity (Wildman–Crippen MR) is 69.1 cm³/mol. The van der Waals surface area contributed by atoms with Gasteiger partial charge in [0, 0.05) is 6.08 Å². The number of amides is 1. The number of hydroxylamine groups is 1. The van der Waals surface area contributed by atoms with Crippen LogP contribution >= 0.6 is 0 Å². The van der Waals surface area contributed by atoms with Crippen LogP contribution in [0.2, 0.25) is 0 Å². The number of nitrogens with zero attached hydrogens (tertiary/aromatic N) is 1. The molecule has 6 nitrogen and oxygen atoms in total. The minimum absolute atomic E-state index is 0.134. The topological polar surface area (TPSA) is 80.2 Å². The largest absolute Gasteiger partial charge is 0.497 e. The van der Waals surface area contributed by atoms with Crippen LogP contribution in [0.3, 0.4) is 0 Å². The molecule has 1 atom stereocenters. The molecule has 0 unspecified atom stereocenters. The lowest BCUT2D eigenvalue weighted by molar-refractivity contribution is -0.130. The number of rotatable bonds is 4. The first-order chi connectivity index (χ1) is 9.22. The summed E-state index contributed by atoms with van der Waals surface area (Å²) in [6.45, 7) is 0.134. The van der Waals surface area contributed by atoms with Crippen molar-refractivity contribution in [1.29, 1.82) is 0 Å². The lowest BCUT2D eigenvalue weighted by atomic mass is 10.2. The lowest BCUT2D eigenvalue weighted by Gasteiger charge is -1.99. The number of benzene rings is 1. The Morgan fingerprint density at radius 2 is 2.21 bits per heavy atom. The van der Waals surface area contributed by atoms with Gasteiger partial charge in [0.2, 0.25) is 5.90 Å². The summed E-state index contributed by atoms with van der Waals surface area (Å²) in [6, 6.07) is 6.78. The summed E-state index contributed by atoms with van der Waals surface area (Å²) in [6.07, 6.45) is 3.49. The number of carbonyl (C=O) groups is 1.